The lowest BCUT2D eigenvalue weighted by atomic mass is 9.91. The van der Waals surface area contributed by atoms with Crippen LogP contribution in [0.5, 0.6) is 0 Å². The smallest absolute Gasteiger partial charge is 0.214 e. The number of hydrogen-bond acceptors (Lipinski definition) is 3. The minimum atomic E-state index is -3.02. The Kier molecular flexibility index (Phi) is 5.04. The van der Waals surface area contributed by atoms with E-state index in [1.165, 1.54) is 12.8 Å². The Morgan fingerprint density at radius 1 is 1.28 bits per heavy atom. The molecule has 2 rings (SSSR count). The number of hydrogen-bond donors (Lipinski definition) is 1. The SMILES string of the molecule is CCCCS(=O)(=O)N1CCCC1C1CCCNC1. The molecule has 2 unspecified atom stereocenters. The summed E-state index contributed by atoms with van der Waals surface area (Å²) in [5.74, 6) is 0.859. The van der Waals surface area contributed by atoms with Crippen molar-refractivity contribution in [2.45, 2.75) is 51.5 Å². The topological polar surface area (TPSA) is 49.4 Å². The van der Waals surface area contributed by atoms with Crippen molar-refractivity contribution in [3.8, 4) is 0 Å². The molecule has 1 N–H and O–H groups in total. The maximum Gasteiger partial charge on any atom is 0.214 e. The number of rotatable bonds is 5. The molecule has 0 saturated carbocycles. The van der Waals surface area contributed by atoms with Crippen LogP contribution in [0.1, 0.15) is 45.4 Å². The van der Waals surface area contributed by atoms with Crippen LogP contribution in [0.2, 0.25) is 0 Å². The number of unbranched alkanes of at least 4 members (excludes halogenated alkanes) is 1. The van der Waals surface area contributed by atoms with Crippen LogP contribution < -0.4 is 5.32 Å². The maximum absolute atomic E-state index is 12.4. The molecule has 2 atom stereocenters. The first-order valence-corrected chi connectivity index (χ1v) is 8.96. The van der Waals surface area contributed by atoms with Crippen LogP contribution in [-0.4, -0.2) is 44.2 Å². The van der Waals surface area contributed by atoms with Crippen LogP contribution in [0, 0.1) is 5.92 Å². The first-order valence-electron chi connectivity index (χ1n) is 7.35. The minimum absolute atomic E-state index is 0.264. The molecule has 0 aromatic carbocycles. The number of piperidine rings is 1. The standard InChI is InChI=1S/C13H26N2O2S/c1-2-3-10-18(16,17)15-9-5-7-13(15)12-6-4-8-14-11-12/h12-14H,2-11H2,1H3. The van der Waals surface area contributed by atoms with Gasteiger partial charge in [-0.1, -0.05) is 13.3 Å². The summed E-state index contributed by atoms with van der Waals surface area (Å²) in [5.41, 5.74) is 0. The van der Waals surface area contributed by atoms with E-state index >= 15 is 0 Å². The molecule has 0 amide bonds. The van der Waals surface area contributed by atoms with E-state index in [0.717, 1.165) is 45.3 Å². The fourth-order valence-electron chi connectivity index (χ4n) is 3.23. The first-order chi connectivity index (χ1) is 8.65. The Morgan fingerprint density at radius 2 is 2.11 bits per heavy atom. The van der Waals surface area contributed by atoms with Gasteiger partial charge in [0.2, 0.25) is 10.0 Å². The van der Waals surface area contributed by atoms with Gasteiger partial charge in [-0.2, -0.15) is 4.31 Å². The van der Waals surface area contributed by atoms with Crippen LogP contribution in [0.15, 0.2) is 0 Å². The van der Waals surface area contributed by atoms with Gasteiger partial charge in [0, 0.05) is 12.6 Å². The molecule has 2 heterocycles. The van der Waals surface area contributed by atoms with Crippen molar-refractivity contribution in [3.05, 3.63) is 0 Å². The third kappa shape index (κ3) is 3.25. The lowest BCUT2D eigenvalue weighted by Crippen LogP contribution is -2.46. The Bertz CT molecular complexity index is 350. The fraction of sp³-hybridized carbons (Fsp3) is 1.00. The van der Waals surface area contributed by atoms with Crippen LogP contribution in [-0.2, 0) is 10.0 Å². The molecule has 106 valence electrons. The van der Waals surface area contributed by atoms with Crippen LogP contribution in [0.4, 0.5) is 0 Å². The molecule has 2 aliphatic rings. The fourth-order valence-corrected chi connectivity index (χ4v) is 5.22. The van der Waals surface area contributed by atoms with Gasteiger partial charge in [0.15, 0.2) is 0 Å². The quantitative estimate of drug-likeness (QED) is 0.828. The third-order valence-electron chi connectivity index (χ3n) is 4.24. The van der Waals surface area contributed by atoms with Crippen molar-refractivity contribution in [2.75, 3.05) is 25.4 Å². The van der Waals surface area contributed by atoms with Crippen LogP contribution in [0.3, 0.4) is 0 Å². The zero-order valence-corrected chi connectivity index (χ0v) is 12.2. The van der Waals surface area contributed by atoms with E-state index in [1.807, 2.05) is 11.2 Å². The van der Waals surface area contributed by atoms with Crippen molar-refractivity contribution in [1.82, 2.24) is 9.62 Å². The molecule has 4 nitrogen and oxygen atoms in total. The zero-order valence-electron chi connectivity index (χ0n) is 11.4. The van der Waals surface area contributed by atoms with E-state index < -0.39 is 10.0 Å². The van der Waals surface area contributed by atoms with Gasteiger partial charge >= 0.3 is 0 Å². The molecule has 0 aromatic heterocycles. The summed E-state index contributed by atoms with van der Waals surface area (Å²) < 4.78 is 26.5. The predicted octanol–water partition coefficient (Wildman–Crippen LogP) is 1.58. The van der Waals surface area contributed by atoms with E-state index in [1.54, 1.807) is 0 Å². The molecule has 0 radical (unpaired) electrons. The number of sulfonamides is 1. The molecule has 0 bridgehead atoms. The van der Waals surface area contributed by atoms with Crippen molar-refractivity contribution in [3.63, 3.8) is 0 Å². The predicted molar refractivity (Wildman–Crippen MR) is 74.0 cm³/mol. The van der Waals surface area contributed by atoms with Gasteiger partial charge in [-0.25, -0.2) is 8.42 Å². The highest BCUT2D eigenvalue weighted by Gasteiger charge is 2.38. The Morgan fingerprint density at radius 3 is 2.78 bits per heavy atom. The molecule has 5 heteroatoms. The van der Waals surface area contributed by atoms with E-state index in [0.29, 0.717) is 11.7 Å². The van der Waals surface area contributed by atoms with Crippen molar-refractivity contribution in [2.24, 2.45) is 5.92 Å². The zero-order chi connectivity index (χ0) is 13.0. The second kappa shape index (κ2) is 6.35. The molecule has 0 aliphatic carbocycles. The van der Waals surface area contributed by atoms with E-state index in [2.05, 4.69) is 5.32 Å². The summed E-state index contributed by atoms with van der Waals surface area (Å²) in [6.45, 7) is 4.87. The highest BCUT2D eigenvalue weighted by molar-refractivity contribution is 7.89. The second-order valence-corrected chi connectivity index (χ2v) is 7.64. The van der Waals surface area contributed by atoms with E-state index in [4.69, 9.17) is 0 Å². The molecular weight excluding hydrogens is 248 g/mol. The van der Waals surface area contributed by atoms with Gasteiger partial charge in [-0.05, 0) is 51.1 Å². The van der Waals surface area contributed by atoms with E-state index in [9.17, 15) is 8.42 Å². The van der Waals surface area contributed by atoms with Gasteiger partial charge in [0.1, 0.15) is 0 Å². The first kappa shape index (κ1) is 14.3. The Balaban J connectivity index is 2.02. The molecular formula is C13H26N2O2S. The van der Waals surface area contributed by atoms with Gasteiger partial charge in [-0.3, -0.25) is 0 Å². The third-order valence-corrected chi connectivity index (χ3v) is 6.21. The summed E-state index contributed by atoms with van der Waals surface area (Å²) in [6.07, 6.45) is 6.18. The average Bonchev–Trinajstić information content (AvgIpc) is 2.87. The molecule has 2 aliphatic heterocycles. The van der Waals surface area contributed by atoms with Gasteiger partial charge in [0.05, 0.1) is 5.75 Å². The lowest BCUT2D eigenvalue weighted by Gasteiger charge is -2.33. The van der Waals surface area contributed by atoms with Gasteiger partial charge in [0.25, 0.3) is 0 Å². The molecule has 18 heavy (non-hydrogen) atoms. The largest absolute Gasteiger partial charge is 0.316 e. The Labute approximate surface area is 111 Å². The summed E-state index contributed by atoms with van der Waals surface area (Å²) >= 11 is 0. The highest BCUT2D eigenvalue weighted by atomic mass is 32.2. The Hall–Kier alpha value is -0.130. The average molecular weight is 274 g/mol. The summed E-state index contributed by atoms with van der Waals surface area (Å²) in [5, 5.41) is 3.41. The number of nitrogens with one attached hydrogen (secondary N) is 1. The summed E-state index contributed by atoms with van der Waals surface area (Å²) in [7, 11) is -3.02. The highest BCUT2D eigenvalue weighted by Crippen LogP contribution is 2.30. The normalized spacial score (nSPS) is 30.7. The summed E-state index contributed by atoms with van der Waals surface area (Å²) in [4.78, 5) is 0. The monoisotopic (exact) mass is 274 g/mol. The number of nitrogens with zero attached hydrogens (tertiary/aromatic N) is 1. The minimum Gasteiger partial charge on any atom is -0.316 e. The van der Waals surface area contributed by atoms with Gasteiger partial charge < -0.3 is 5.32 Å². The lowest BCUT2D eigenvalue weighted by molar-refractivity contribution is 0.239. The molecule has 0 aromatic rings. The van der Waals surface area contributed by atoms with Crippen molar-refractivity contribution >= 4 is 10.0 Å². The maximum atomic E-state index is 12.4. The molecule has 0 spiro atoms. The van der Waals surface area contributed by atoms with Gasteiger partial charge in [-0.15, -0.1) is 0 Å². The molecule has 2 saturated heterocycles. The van der Waals surface area contributed by atoms with Crippen molar-refractivity contribution < 1.29 is 8.42 Å². The van der Waals surface area contributed by atoms with E-state index in [-0.39, 0.29) is 6.04 Å². The van der Waals surface area contributed by atoms with Crippen LogP contribution >= 0.6 is 0 Å². The second-order valence-electron chi connectivity index (χ2n) is 5.60. The summed E-state index contributed by atoms with van der Waals surface area (Å²) in [6, 6.07) is 0.264. The molecule has 2 fully saturated rings. The van der Waals surface area contributed by atoms with Crippen LogP contribution in [0.25, 0.3) is 0 Å². The van der Waals surface area contributed by atoms with Crippen molar-refractivity contribution in [1.29, 1.82) is 0 Å².